The highest BCUT2D eigenvalue weighted by molar-refractivity contribution is 4.66. The molecule has 0 saturated carbocycles. The average Bonchev–Trinajstić information content (AvgIpc) is 2.30. The number of nitrogens with zero attached hydrogens (tertiary/aromatic N) is 1. The molecule has 0 aromatic carbocycles. The van der Waals surface area contributed by atoms with Gasteiger partial charge in [-0.15, -0.1) is 0 Å². The zero-order valence-corrected chi connectivity index (χ0v) is 7.47. The molecular formula is C8H18N2O. The van der Waals surface area contributed by atoms with Gasteiger partial charge in [0, 0.05) is 26.7 Å². The van der Waals surface area contributed by atoms with Crippen molar-refractivity contribution in [2.24, 2.45) is 0 Å². The maximum absolute atomic E-state index is 5.24. The van der Waals surface area contributed by atoms with Gasteiger partial charge in [0.2, 0.25) is 0 Å². The van der Waals surface area contributed by atoms with Crippen LogP contribution in [0.2, 0.25) is 0 Å². The SMILES string of the molecule is COC(C)N1CCCNCC1. The molecule has 0 aliphatic carbocycles. The third kappa shape index (κ3) is 2.77. The van der Waals surface area contributed by atoms with E-state index in [9.17, 15) is 0 Å². The number of ether oxygens (including phenoxy) is 1. The van der Waals surface area contributed by atoms with Gasteiger partial charge >= 0.3 is 0 Å². The van der Waals surface area contributed by atoms with E-state index in [0.717, 1.165) is 26.2 Å². The number of nitrogens with one attached hydrogen (secondary N) is 1. The van der Waals surface area contributed by atoms with Gasteiger partial charge in [-0.25, -0.2) is 0 Å². The largest absolute Gasteiger partial charge is 0.367 e. The third-order valence-electron chi connectivity index (χ3n) is 2.23. The molecule has 3 heteroatoms. The number of hydrogen-bond acceptors (Lipinski definition) is 3. The second kappa shape index (κ2) is 4.70. The minimum atomic E-state index is 0.273. The van der Waals surface area contributed by atoms with Crippen LogP contribution in [0.15, 0.2) is 0 Å². The van der Waals surface area contributed by atoms with Crippen LogP contribution in [0.25, 0.3) is 0 Å². The summed E-state index contributed by atoms with van der Waals surface area (Å²) < 4.78 is 5.24. The first-order valence-corrected chi connectivity index (χ1v) is 4.32. The monoisotopic (exact) mass is 158 g/mol. The predicted molar refractivity (Wildman–Crippen MR) is 45.5 cm³/mol. The highest BCUT2D eigenvalue weighted by Gasteiger charge is 2.13. The van der Waals surface area contributed by atoms with E-state index in [1.807, 2.05) is 0 Å². The van der Waals surface area contributed by atoms with Gasteiger partial charge in [-0.05, 0) is 19.9 Å². The first kappa shape index (κ1) is 8.97. The average molecular weight is 158 g/mol. The van der Waals surface area contributed by atoms with E-state index in [-0.39, 0.29) is 6.23 Å². The van der Waals surface area contributed by atoms with Gasteiger partial charge < -0.3 is 10.1 Å². The fourth-order valence-electron chi connectivity index (χ4n) is 1.38. The summed E-state index contributed by atoms with van der Waals surface area (Å²) in [5, 5.41) is 3.36. The summed E-state index contributed by atoms with van der Waals surface area (Å²) in [5.74, 6) is 0. The molecule has 1 N–H and O–H groups in total. The lowest BCUT2D eigenvalue weighted by Gasteiger charge is -2.25. The lowest BCUT2D eigenvalue weighted by Crippen LogP contribution is -2.36. The maximum Gasteiger partial charge on any atom is 0.107 e. The predicted octanol–water partition coefficient (Wildman–Crippen LogP) is 0.274. The Morgan fingerprint density at radius 1 is 1.36 bits per heavy atom. The van der Waals surface area contributed by atoms with Gasteiger partial charge in [0.25, 0.3) is 0 Å². The first-order chi connectivity index (χ1) is 5.34. The van der Waals surface area contributed by atoms with Crippen LogP contribution < -0.4 is 5.32 Å². The number of methoxy groups -OCH3 is 1. The van der Waals surface area contributed by atoms with E-state index in [4.69, 9.17) is 4.74 Å². The van der Waals surface area contributed by atoms with E-state index >= 15 is 0 Å². The maximum atomic E-state index is 5.24. The molecule has 0 aromatic heterocycles. The molecular weight excluding hydrogens is 140 g/mol. The van der Waals surface area contributed by atoms with Crippen molar-refractivity contribution in [2.75, 3.05) is 33.3 Å². The Morgan fingerprint density at radius 3 is 2.91 bits per heavy atom. The Balaban J connectivity index is 2.30. The Bertz CT molecular complexity index is 100. The van der Waals surface area contributed by atoms with Crippen molar-refractivity contribution in [3.8, 4) is 0 Å². The minimum Gasteiger partial charge on any atom is -0.367 e. The van der Waals surface area contributed by atoms with Crippen LogP contribution in [0.4, 0.5) is 0 Å². The van der Waals surface area contributed by atoms with Crippen LogP contribution in [0.1, 0.15) is 13.3 Å². The molecule has 3 nitrogen and oxygen atoms in total. The van der Waals surface area contributed by atoms with Crippen molar-refractivity contribution in [2.45, 2.75) is 19.6 Å². The lowest BCUT2D eigenvalue weighted by molar-refractivity contribution is -0.0150. The molecule has 0 radical (unpaired) electrons. The van der Waals surface area contributed by atoms with Crippen molar-refractivity contribution in [3.63, 3.8) is 0 Å². The van der Waals surface area contributed by atoms with E-state index in [1.54, 1.807) is 7.11 Å². The molecule has 11 heavy (non-hydrogen) atoms. The van der Waals surface area contributed by atoms with Crippen LogP contribution in [-0.2, 0) is 4.74 Å². The molecule has 1 saturated heterocycles. The zero-order valence-electron chi connectivity index (χ0n) is 7.47. The van der Waals surface area contributed by atoms with Gasteiger partial charge in [-0.3, -0.25) is 4.90 Å². The van der Waals surface area contributed by atoms with Crippen LogP contribution in [0, 0.1) is 0 Å². The Hall–Kier alpha value is -0.120. The molecule has 0 bridgehead atoms. The molecule has 1 unspecified atom stereocenters. The molecule has 1 heterocycles. The van der Waals surface area contributed by atoms with Crippen LogP contribution >= 0.6 is 0 Å². The molecule has 1 atom stereocenters. The van der Waals surface area contributed by atoms with Gasteiger partial charge in [-0.1, -0.05) is 0 Å². The van der Waals surface area contributed by atoms with Gasteiger partial charge in [0.15, 0.2) is 0 Å². The topological polar surface area (TPSA) is 24.5 Å². The van der Waals surface area contributed by atoms with Crippen molar-refractivity contribution >= 4 is 0 Å². The quantitative estimate of drug-likeness (QED) is 0.624. The van der Waals surface area contributed by atoms with Gasteiger partial charge in [0.1, 0.15) is 6.23 Å². The molecule has 1 fully saturated rings. The van der Waals surface area contributed by atoms with E-state index in [1.165, 1.54) is 6.42 Å². The molecule has 1 aliphatic rings. The van der Waals surface area contributed by atoms with Gasteiger partial charge in [0.05, 0.1) is 0 Å². The van der Waals surface area contributed by atoms with Crippen molar-refractivity contribution in [1.82, 2.24) is 10.2 Å². The van der Waals surface area contributed by atoms with Crippen molar-refractivity contribution in [1.29, 1.82) is 0 Å². The van der Waals surface area contributed by atoms with Crippen LogP contribution in [0.3, 0.4) is 0 Å². The Morgan fingerprint density at radius 2 is 2.18 bits per heavy atom. The van der Waals surface area contributed by atoms with Crippen LogP contribution in [-0.4, -0.2) is 44.4 Å². The highest BCUT2D eigenvalue weighted by Crippen LogP contribution is 2.01. The van der Waals surface area contributed by atoms with E-state index in [0.29, 0.717) is 0 Å². The summed E-state index contributed by atoms with van der Waals surface area (Å²) in [6.07, 6.45) is 1.50. The summed E-state index contributed by atoms with van der Waals surface area (Å²) in [5.41, 5.74) is 0. The summed E-state index contributed by atoms with van der Waals surface area (Å²) in [6, 6.07) is 0. The van der Waals surface area contributed by atoms with Gasteiger partial charge in [-0.2, -0.15) is 0 Å². The fraction of sp³-hybridized carbons (Fsp3) is 1.00. The third-order valence-corrected chi connectivity index (χ3v) is 2.23. The normalized spacial score (nSPS) is 24.5. The van der Waals surface area contributed by atoms with Crippen molar-refractivity contribution in [3.05, 3.63) is 0 Å². The molecule has 1 aliphatic heterocycles. The molecule has 1 rings (SSSR count). The highest BCUT2D eigenvalue weighted by atomic mass is 16.5. The zero-order chi connectivity index (χ0) is 8.10. The van der Waals surface area contributed by atoms with E-state index < -0.39 is 0 Å². The fourth-order valence-corrected chi connectivity index (χ4v) is 1.38. The van der Waals surface area contributed by atoms with Crippen LogP contribution in [0.5, 0.6) is 0 Å². The number of hydrogen-bond donors (Lipinski definition) is 1. The smallest absolute Gasteiger partial charge is 0.107 e. The molecule has 0 aromatic rings. The molecule has 0 amide bonds. The summed E-state index contributed by atoms with van der Waals surface area (Å²) in [4.78, 5) is 2.36. The summed E-state index contributed by atoms with van der Waals surface area (Å²) in [7, 11) is 1.77. The minimum absolute atomic E-state index is 0.273. The lowest BCUT2D eigenvalue weighted by atomic mass is 10.4. The first-order valence-electron chi connectivity index (χ1n) is 4.32. The summed E-state index contributed by atoms with van der Waals surface area (Å²) >= 11 is 0. The Labute approximate surface area is 68.7 Å². The molecule has 0 spiro atoms. The number of rotatable bonds is 2. The van der Waals surface area contributed by atoms with Crippen molar-refractivity contribution < 1.29 is 4.74 Å². The standard InChI is InChI=1S/C8H18N2O/c1-8(11-2)10-6-3-4-9-5-7-10/h8-9H,3-7H2,1-2H3. The summed E-state index contributed by atoms with van der Waals surface area (Å²) in [6.45, 7) is 6.60. The Kier molecular flexibility index (Phi) is 3.83. The second-order valence-corrected chi connectivity index (χ2v) is 2.97. The van der Waals surface area contributed by atoms with E-state index in [2.05, 4.69) is 17.1 Å². The molecule has 66 valence electrons. The second-order valence-electron chi connectivity index (χ2n) is 2.97.